The number of nitrogens with two attached hydrogens (primary N) is 1. The summed E-state index contributed by atoms with van der Waals surface area (Å²) in [7, 11) is 0. The number of rotatable bonds is 5. The largest absolute Gasteiger partial charge is 0.439 e. The second-order valence-corrected chi connectivity index (χ2v) is 7.95. The Hall–Kier alpha value is -3.41. The molecule has 6 heteroatoms. The van der Waals surface area contributed by atoms with E-state index in [1.807, 2.05) is 81.4 Å². The van der Waals surface area contributed by atoms with E-state index in [9.17, 15) is 4.79 Å². The molecule has 0 aliphatic heterocycles. The maximum absolute atomic E-state index is 12.4. The van der Waals surface area contributed by atoms with Crippen LogP contribution in [0.25, 0.3) is 11.1 Å². The molecule has 0 spiro atoms. The third-order valence-corrected chi connectivity index (χ3v) is 4.24. The number of hydrogen-bond acceptors (Lipinski definition) is 5. The van der Waals surface area contributed by atoms with Crippen molar-refractivity contribution in [2.45, 2.75) is 38.8 Å². The molecule has 0 aliphatic rings. The fourth-order valence-corrected chi connectivity index (χ4v) is 2.87. The molecule has 1 aromatic heterocycles. The predicted octanol–water partition coefficient (Wildman–Crippen LogP) is 4.53. The summed E-state index contributed by atoms with van der Waals surface area (Å²) in [5.74, 6) is 0. The molecule has 1 unspecified atom stereocenters. The zero-order valence-electron chi connectivity index (χ0n) is 16.9. The lowest BCUT2D eigenvalue weighted by Crippen LogP contribution is -2.41. The van der Waals surface area contributed by atoms with Gasteiger partial charge in [0.2, 0.25) is 0 Å². The maximum atomic E-state index is 12.4. The molecule has 1 atom stereocenters. The summed E-state index contributed by atoms with van der Waals surface area (Å²) < 4.78 is 5.75. The summed E-state index contributed by atoms with van der Waals surface area (Å²) >= 11 is 0. The van der Waals surface area contributed by atoms with Gasteiger partial charge in [-0.3, -0.25) is 0 Å². The third-order valence-electron chi connectivity index (χ3n) is 4.24. The summed E-state index contributed by atoms with van der Waals surface area (Å²) in [5.41, 5.74) is 9.56. The SMILES string of the molecule is CC(C)(C)NC(=O)OC(Cc1ccccc1)c1cc(-c2ccc(N)cc2)cnn1. The van der Waals surface area contributed by atoms with Crippen molar-refractivity contribution in [2.24, 2.45) is 0 Å². The lowest BCUT2D eigenvalue weighted by molar-refractivity contribution is 0.0884. The zero-order valence-corrected chi connectivity index (χ0v) is 16.9. The normalized spacial score (nSPS) is 12.2. The summed E-state index contributed by atoms with van der Waals surface area (Å²) in [6.07, 6.45) is 1.13. The van der Waals surface area contributed by atoms with Gasteiger partial charge in [0, 0.05) is 23.2 Å². The van der Waals surface area contributed by atoms with Crippen LogP contribution in [0.5, 0.6) is 0 Å². The Labute approximate surface area is 171 Å². The molecule has 1 amide bonds. The molecule has 0 fully saturated rings. The van der Waals surface area contributed by atoms with Gasteiger partial charge in [0.05, 0.1) is 6.20 Å². The minimum absolute atomic E-state index is 0.397. The minimum atomic E-state index is -0.569. The molecule has 0 saturated heterocycles. The number of carbonyl (C=O) groups is 1. The molecule has 29 heavy (non-hydrogen) atoms. The van der Waals surface area contributed by atoms with E-state index in [4.69, 9.17) is 10.5 Å². The van der Waals surface area contributed by atoms with Gasteiger partial charge in [-0.25, -0.2) is 4.79 Å². The van der Waals surface area contributed by atoms with Crippen LogP contribution in [-0.2, 0) is 11.2 Å². The topological polar surface area (TPSA) is 90.1 Å². The first-order valence-corrected chi connectivity index (χ1v) is 9.51. The van der Waals surface area contributed by atoms with Gasteiger partial charge in [0.25, 0.3) is 0 Å². The first-order chi connectivity index (χ1) is 13.8. The van der Waals surface area contributed by atoms with Crippen LogP contribution in [0.1, 0.15) is 38.1 Å². The Morgan fingerprint density at radius 3 is 2.41 bits per heavy atom. The molecule has 1 heterocycles. The van der Waals surface area contributed by atoms with Crippen molar-refractivity contribution in [1.82, 2.24) is 15.5 Å². The predicted molar refractivity (Wildman–Crippen MR) is 114 cm³/mol. The highest BCUT2D eigenvalue weighted by Crippen LogP contribution is 2.26. The number of nitrogens with zero attached hydrogens (tertiary/aromatic N) is 2. The van der Waals surface area contributed by atoms with E-state index in [1.165, 1.54) is 0 Å². The number of ether oxygens (including phenoxy) is 1. The lowest BCUT2D eigenvalue weighted by atomic mass is 10.0. The van der Waals surface area contributed by atoms with Crippen LogP contribution in [0.2, 0.25) is 0 Å². The summed E-state index contributed by atoms with van der Waals surface area (Å²) in [5, 5.41) is 11.2. The number of nitrogens with one attached hydrogen (secondary N) is 1. The number of benzene rings is 2. The van der Waals surface area contributed by atoms with Crippen LogP contribution in [0.15, 0.2) is 66.9 Å². The van der Waals surface area contributed by atoms with Crippen molar-refractivity contribution in [3.63, 3.8) is 0 Å². The Morgan fingerprint density at radius 2 is 1.76 bits per heavy atom. The van der Waals surface area contributed by atoms with Gasteiger partial charge in [-0.2, -0.15) is 10.2 Å². The lowest BCUT2D eigenvalue weighted by Gasteiger charge is -2.23. The highest BCUT2D eigenvalue weighted by molar-refractivity contribution is 5.69. The van der Waals surface area contributed by atoms with E-state index in [0.717, 1.165) is 16.7 Å². The quantitative estimate of drug-likeness (QED) is 0.625. The van der Waals surface area contributed by atoms with Gasteiger partial charge >= 0.3 is 6.09 Å². The molecule has 0 bridgehead atoms. The number of alkyl carbamates (subject to hydrolysis) is 1. The molecular formula is C23H26N4O2. The van der Waals surface area contributed by atoms with E-state index >= 15 is 0 Å². The molecule has 0 radical (unpaired) electrons. The molecule has 2 aromatic carbocycles. The zero-order chi connectivity index (χ0) is 20.9. The van der Waals surface area contributed by atoms with Crippen molar-refractivity contribution in [3.05, 3.63) is 78.1 Å². The van der Waals surface area contributed by atoms with Crippen LogP contribution < -0.4 is 11.1 Å². The molecule has 3 aromatic rings. The first kappa shape index (κ1) is 20.3. The van der Waals surface area contributed by atoms with E-state index in [2.05, 4.69) is 15.5 Å². The van der Waals surface area contributed by atoms with Crippen LogP contribution in [-0.4, -0.2) is 21.8 Å². The van der Waals surface area contributed by atoms with Gasteiger partial charge in [0.15, 0.2) is 6.10 Å². The molecule has 6 nitrogen and oxygen atoms in total. The number of hydrogen-bond donors (Lipinski definition) is 2. The molecule has 3 rings (SSSR count). The first-order valence-electron chi connectivity index (χ1n) is 9.51. The molecule has 0 aliphatic carbocycles. The number of nitrogen functional groups attached to an aromatic ring is 1. The summed E-state index contributed by atoms with van der Waals surface area (Å²) in [4.78, 5) is 12.4. The number of amides is 1. The fraction of sp³-hybridized carbons (Fsp3) is 0.261. The number of aromatic nitrogens is 2. The van der Waals surface area contributed by atoms with Crippen LogP contribution >= 0.6 is 0 Å². The Balaban J connectivity index is 1.89. The standard InChI is InChI=1S/C23H26N4O2/c1-23(2,3)26-22(28)29-21(13-16-7-5-4-6-8-16)20-14-18(15-25-27-20)17-9-11-19(24)12-10-17/h4-12,14-15,21H,13,24H2,1-3H3,(H,26,28). The van der Waals surface area contributed by atoms with E-state index < -0.39 is 17.7 Å². The van der Waals surface area contributed by atoms with Crippen LogP contribution in [0.4, 0.5) is 10.5 Å². The second-order valence-electron chi connectivity index (χ2n) is 7.95. The van der Waals surface area contributed by atoms with Gasteiger partial charge in [0.1, 0.15) is 5.69 Å². The molecule has 0 saturated carbocycles. The number of anilines is 1. The Bertz CT molecular complexity index is 951. The fourth-order valence-electron chi connectivity index (χ4n) is 2.87. The third kappa shape index (κ3) is 6.04. The second kappa shape index (κ2) is 8.73. The van der Waals surface area contributed by atoms with Gasteiger partial charge in [-0.05, 0) is 50.1 Å². The summed E-state index contributed by atoms with van der Waals surface area (Å²) in [6, 6.07) is 19.3. The maximum Gasteiger partial charge on any atom is 0.408 e. The van der Waals surface area contributed by atoms with Gasteiger partial charge < -0.3 is 15.8 Å². The van der Waals surface area contributed by atoms with E-state index in [-0.39, 0.29) is 0 Å². The van der Waals surface area contributed by atoms with E-state index in [1.54, 1.807) is 6.20 Å². The average Bonchev–Trinajstić information content (AvgIpc) is 2.67. The van der Waals surface area contributed by atoms with Crippen molar-refractivity contribution in [2.75, 3.05) is 5.73 Å². The molecular weight excluding hydrogens is 364 g/mol. The Kier molecular flexibility index (Phi) is 6.12. The Morgan fingerprint density at radius 1 is 1.07 bits per heavy atom. The minimum Gasteiger partial charge on any atom is -0.439 e. The van der Waals surface area contributed by atoms with Crippen molar-refractivity contribution >= 4 is 11.8 Å². The monoisotopic (exact) mass is 390 g/mol. The average molecular weight is 390 g/mol. The molecule has 3 N–H and O–H groups in total. The summed E-state index contributed by atoms with van der Waals surface area (Å²) in [6.45, 7) is 5.71. The highest BCUT2D eigenvalue weighted by Gasteiger charge is 2.23. The van der Waals surface area contributed by atoms with E-state index in [0.29, 0.717) is 17.8 Å². The van der Waals surface area contributed by atoms with Crippen LogP contribution in [0, 0.1) is 0 Å². The number of carbonyl (C=O) groups excluding carboxylic acids is 1. The highest BCUT2D eigenvalue weighted by atomic mass is 16.6. The van der Waals surface area contributed by atoms with Gasteiger partial charge in [-0.1, -0.05) is 42.5 Å². The molecule has 150 valence electrons. The smallest absolute Gasteiger partial charge is 0.408 e. The van der Waals surface area contributed by atoms with Crippen molar-refractivity contribution in [3.8, 4) is 11.1 Å². The van der Waals surface area contributed by atoms with Gasteiger partial charge in [-0.15, -0.1) is 0 Å². The van der Waals surface area contributed by atoms with Crippen molar-refractivity contribution < 1.29 is 9.53 Å². The van der Waals surface area contributed by atoms with Crippen molar-refractivity contribution in [1.29, 1.82) is 0 Å². The van der Waals surface area contributed by atoms with Crippen LogP contribution in [0.3, 0.4) is 0 Å².